The molecule has 0 aromatic carbocycles. The van der Waals surface area contributed by atoms with E-state index in [2.05, 4.69) is 34.0 Å². The van der Waals surface area contributed by atoms with Crippen molar-refractivity contribution in [3.8, 4) is 5.88 Å². The van der Waals surface area contributed by atoms with E-state index in [4.69, 9.17) is 4.74 Å². The van der Waals surface area contributed by atoms with Crippen LogP contribution in [-0.4, -0.2) is 77.1 Å². The van der Waals surface area contributed by atoms with Crippen LogP contribution >= 0.6 is 0 Å². The zero-order valence-corrected chi connectivity index (χ0v) is 17.3. The number of rotatable bonds is 7. The highest BCUT2D eigenvalue weighted by Crippen LogP contribution is 2.38. The number of carbonyl (C=O) groups excluding carboxylic acids is 1. The van der Waals surface area contributed by atoms with Crippen molar-refractivity contribution >= 4 is 5.91 Å². The number of aromatic nitrogens is 2. The molecular formula is C21H33N5O2. The lowest BCUT2D eigenvalue weighted by atomic mass is 10.0. The van der Waals surface area contributed by atoms with Gasteiger partial charge in [0.1, 0.15) is 6.10 Å². The van der Waals surface area contributed by atoms with Gasteiger partial charge in [-0.25, -0.2) is 4.98 Å². The largest absolute Gasteiger partial charge is 0.472 e. The summed E-state index contributed by atoms with van der Waals surface area (Å²) in [6.07, 6.45) is 8.03. The Morgan fingerprint density at radius 1 is 1.25 bits per heavy atom. The Labute approximate surface area is 167 Å². The molecule has 7 heteroatoms. The summed E-state index contributed by atoms with van der Waals surface area (Å²) < 4.78 is 6.11. The predicted octanol–water partition coefficient (Wildman–Crippen LogP) is 1.65. The van der Waals surface area contributed by atoms with E-state index in [-0.39, 0.29) is 18.1 Å². The summed E-state index contributed by atoms with van der Waals surface area (Å²) in [5.41, 5.74) is 1.09. The molecule has 2 saturated heterocycles. The second kappa shape index (κ2) is 8.33. The molecule has 7 nitrogen and oxygen atoms in total. The van der Waals surface area contributed by atoms with Crippen LogP contribution in [0.3, 0.4) is 0 Å². The number of fused-ring (bicyclic) bond motifs is 1. The van der Waals surface area contributed by atoms with Crippen molar-refractivity contribution < 1.29 is 9.53 Å². The molecule has 1 aromatic heterocycles. The maximum atomic E-state index is 12.9. The Morgan fingerprint density at radius 3 is 2.71 bits per heavy atom. The molecule has 3 heterocycles. The van der Waals surface area contributed by atoms with Gasteiger partial charge >= 0.3 is 0 Å². The van der Waals surface area contributed by atoms with E-state index in [1.807, 2.05) is 18.1 Å². The minimum absolute atomic E-state index is 0.0831. The van der Waals surface area contributed by atoms with E-state index in [9.17, 15) is 4.79 Å². The number of hydrogen-bond donors (Lipinski definition) is 1. The van der Waals surface area contributed by atoms with Gasteiger partial charge in [0.15, 0.2) is 0 Å². The van der Waals surface area contributed by atoms with Gasteiger partial charge in [0.05, 0.1) is 24.1 Å². The summed E-state index contributed by atoms with van der Waals surface area (Å²) in [5, 5.41) is 3.20. The smallest absolute Gasteiger partial charge is 0.239 e. The SMILES string of the molecule is CN[C@@H](CC(C)C)C(=O)N1CCN2C[C@H](Oc3cnc(C4CC4)cn3)C[C@H]2C1. The van der Waals surface area contributed by atoms with Crippen molar-refractivity contribution in [2.75, 3.05) is 33.2 Å². The number of carbonyl (C=O) groups is 1. The highest BCUT2D eigenvalue weighted by Gasteiger charge is 2.39. The van der Waals surface area contributed by atoms with Crippen LogP contribution in [0.4, 0.5) is 0 Å². The minimum Gasteiger partial charge on any atom is -0.472 e. The van der Waals surface area contributed by atoms with Gasteiger partial charge < -0.3 is 15.0 Å². The normalized spacial score (nSPS) is 26.4. The van der Waals surface area contributed by atoms with E-state index >= 15 is 0 Å². The Balaban J connectivity index is 1.31. The molecule has 0 unspecified atom stereocenters. The molecule has 3 fully saturated rings. The quantitative estimate of drug-likeness (QED) is 0.767. The van der Waals surface area contributed by atoms with Gasteiger partial charge in [0.25, 0.3) is 0 Å². The summed E-state index contributed by atoms with van der Waals surface area (Å²) in [6, 6.07) is 0.290. The van der Waals surface area contributed by atoms with Gasteiger partial charge in [-0.2, -0.15) is 0 Å². The summed E-state index contributed by atoms with van der Waals surface area (Å²) in [7, 11) is 1.89. The molecule has 0 bridgehead atoms. The molecule has 0 spiro atoms. The van der Waals surface area contributed by atoms with Gasteiger partial charge in [-0.1, -0.05) is 13.8 Å². The Hall–Kier alpha value is -1.73. The fourth-order valence-corrected chi connectivity index (χ4v) is 4.46. The maximum Gasteiger partial charge on any atom is 0.239 e. The first kappa shape index (κ1) is 19.6. The van der Waals surface area contributed by atoms with Crippen LogP contribution in [0.1, 0.15) is 51.1 Å². The summed E-state index contributed by atoms with van der Waals surface area (Å²) in [6.45, 7) is 7.74. The third kappa shape index (κ3) is 4.46. The zero-order valence-electron chi connectivity index (χ0n) is 17.3. The first-order valence-electron chi connectivity index (χ1n) is 10.7. The molecule has 1 amide bonds. The Kier molecular flexibility index (Phi) is 5.83. The molecule has 1 aliphatic carbocycles. The van der Waals surface area contributed by atoms with E-state index in [1.165, 1.54) is 12.8 Å². The molecule has 2 aliphatic heterocycles. The van der Waals surface area contributed by atoms with Gasteiger partial charge in [0.2, 0.25) is 11.8 Å². The lowest BCUT2D eigenvalue weighted by Gasteiger charge is -2.38. The van der Waals surface area contributed by atoms with Crippen molar-refractivity contribution in [2.24, 2.45) is 5.92 Å². The van der Waals surface area contributed by atoms with Crippen molar-refractivity contribution in [2.45, 2.75) is 63.6 Å². The first-order valence-corrected chi connectivity index (χ1v) is 10.7. The highest BCUT2D eigenvalue weighted by atomic mass is 16.5. The highest BCUT2D eigenvalue weighted by molar-refractivity contribution is 5.82. The van der Waals surface area contributed by atoms with Gasteiger partial charge in [0, 0.05) is 44.6 Å². The third-order valence-electron chi connectivity index (χ3n) is 6.17. The van der Waals surface area contributed by atoms with E-state index in [0.29, 0.717) is 23.8 Å². The van der Waals surface area contributed by atoms with Gasteiger partial charge in [-0.15, -0.1) is 0 Å². The zero-order chi connectivity index (χ0) is 19.7. The van der Waals surface area contributed by atoms with E-state index < -0.39 is 0 Å². The van der Waals surface area contributed by atoms with Crippen LogP contribution in [0.2, 0.25) is 0 Å². The van der Waals surface area contributed by atoms with Crippen LogP contribution in [0.5, 0.6) is 5.88 Å². The van der Waals surface area contributed by atoms with Crippen LogP contribution in [-0.2, 0) is 4.79 Å². The molecule has 1 N–H and O–H groups in total. The van der Waals surface area contributed by atoms with Crippen molar-refractivity contribution in [1.82, 2.24) is 25.1 Å². The maximum absolute atomic E-state index is 12.9. The summed E-state index contributed by atoms with van der Waals surface area (Å²) in [5.74, 6) is 1.97. The lowest BCUT2D eigenvalue weighted by molar-refractivity contribution is -0.136. The third-order valence-corrected chi connectivity index (χ3v) is 6.17. The second-order valence-corrected chi connectivity index (χ2v) is 8.93. The standard InChI is InChI=1S/C21H33N5O2/c1-14(2)8-18(22-3)21(27)26-7-6-25-13-17(9-16(25)12-26)28-20-11-23-19(10-24-20)15-4-5-15/h10-11,14-18,22H,4-9,12-13H2,1-3H3/t16-,17+,18-/m0/s1. The Bertz CT molecular complexity index is 676. The van der Waals surface area contributed by atoms with Crippen molar-refractivity contribution in [3.63, 3.8) is 0 Å². The van der Waals surface area contributed by atoms with Gasteiger partial charge in [-0.05, 0) is 32.2 Å². The number of hydrogen-bond acceptors (Lipinski definition) is 6. The Morgan fingerprint density at radius 2 is 2.07 bits per heavy atom. The number of nitrogens with zero attached hydrogens (tertiary/aromatic N) is 4. The molecule has 3 atom stereocenters. The molecule has 1 saturated carbocycles. The fraction of sp³-hybridized carbons (Fsp3) is 0.762. The van der Waals surface area contributed by atoms with Crippen LogP contribution in [0.15, 0.2) is 12.4 Å². The molecule has 154 valence electrons. The predicted molar refractivity (Wildman–Crippen MR) is 107 cm³/mol. The van der Waals surface area contributed by atoms with Crippen molar-refractivity contribution in [3.05, 3.63) is 18.1 Å². The molecular weight excluding hydrogens is 354 g/mol. The number of ether oxygens (including phenoxy) is 1. The lowest BCUT2D eigenvalue weighted by Crippen LogP contribution is -2.56. The van der Waals surface area contributed by atoms with Gasteiger partial charge in [-0.3, -0.25) is 14.7 Å². The average Bonchev–Trinajstić information content (AvgIpc) is 3.45. The van der Waals surface area contributed by atoms with Crippen LogP contribution < -0.4 is 10.1 Å². The summed E-state index contributed by atoms with van der Waals surface area (Å²) >= 11 is 0. The molecule has 28 heavy (non-hydrogen) atoms. The van der Waals surface area contributed by atoms with E-state index in [0.717, 1.165) is 44.7 Å². The number of likely N-dealkylation sites (N-methyl/N-ethyl adjacent to an activating group) is 1. The van der Waals surface area contributed by atoms with Crippen LogP contribution in [0.25, 0.3) is 0 Å². The molecule has 4 rings (SSSR count). The first-order chi connectivity index (χ1) is 13.5. The molecule has 0 radical (unpaired) electrons. The van der Waals surface area contributed by atoms with Crippen molar-refractivity contribution in [1.29, 1.82) is 0 Å². The molecule has 3 aliphatic rings. The number of nitrogens with one attached hydrogen (secondary N) is 1. The second-order valence-electron chi connectivity index (χ2n) is 8.93. The average molecular weight is 388 g/mol. The van der Waals surface area contributed by atoms with E-state index in [1.54, 1.807) is 6.20 Å². The number of piperazine rings is 1. The summed E-state index contributed by atoms with van der Waals surface area (Å²) in [4.78, 5) is 26.4. The fourth-order valence-electron chi connectivity index (χ4n) is 4.46. The monoisotopic (exact) mass is 387 g/mol. The minimum atomic E-state index is -0.0831. The molecule has 1 aromatic rings. The van der Waals surface area contributed by atoms with Crippen LogP contribution in [0, 0.1) is 5.92 Å². The topological polar surface area (TPSA) is 70.6 Å². The number of amides is 1.